The number of ketones is 1. The van der Waals surface area contributed by atoms with E-state index < -0.39 is 11.7 Å². The first kappa shape index (κ1) is 21.3. The molecular formula is C20H29ClN4O2. The van der Waals surface area contributed by atoms with Crippen LogP contribution in [0.2, 0.25) is 0 Å². The largest absolute Gasteiger partial charge is 0.399 e. The molecule has 0 saturated carbocycles. The van der Waals surface area contributed by atoms with Gasteiger partial charge in [-0.3, -0.25) is 9.59 Å². The predicted octanol–water partition coefficient (Wildman–Crippen LogP) is 3.01. The van der Waals surface area contributed by atoms with Gasteiger partial charge in [0, 0.05) is 36.4 Å². The highest BCUT2D eigenvalue weighted by Gasteiger charge is 2.22. The summed E-state index contributed by atoms with van der Waals surface area (Å²) >= 11 is 0. The standard InChI is InChI=1S/C20H28N4O2.ClH/c1-14(2)24-13-17(16-7-6-15(21)12-18(16)24)19(25)20(26)22-8-11-23-9-4-3-5-10-23;/h6-7,12-14H,3-5,8-11,21H2,1-2H3,(H,22,26);1H. The number of nitrogen functional groups attached to an aromatic ring is 1. The Morgan fingerprint density at radius 2 is 1.89 bits per heavy atom. The number of nitrogens with two attached hydrogens (primary N) is 1. The van der Waals surface area contributed by atoms with Crippen LogP contribution in [0.15, 0.2) is 24.4 Å². The van der Waals surface area contributed by atoms with Gasteiger partial charge in [-0.1, -0.05) is 12.5 Å². The first-order valence-electron chi connectivity index (χ1n) is 9.42. The van der Waals surface area contributed by atoms with E-state index in [1.807, 2.05) is 30.5 Å². The molecule has 1 aromatic carbocycles. The Kier molecular flexibility index (Phi) is 7.27. The lowest BCUT2D eigenvalue weighted by Gasteiger charge is -2.26. The number of nitrogens with one attached hydrogen (secondary N) is 1. The van der Waals surface area contributed by atoms with Gasteiger partial charge >= 0.3 is 0 Å². The van der Waals surface area contributed by atoms with Crippen molar-refractivity contribution in [3.8, 4) is 0 Å². The number of Topliss-reactive ketones (excluding diaryl/α,β-unsaturated/α-hetero) is 1. The molecule has 1 saturated heterocycles. The number of nitrogens with zero attached hydrogens (tertiary/aromatic N) is 2. The first-order chi connectivity index (χ1) is 12.5. The second-order valence-electron chi connectivity index (χ2n) is 7.31. The molecule has 1 amide bonds. The van der Waals surface area contributed by atoms with E-state index in [-0.39, 0.29) is 18.4 Å². The van der Waals surface area contributed by atoms with Crippen molar-refractivity contribution in [2.24, 2.45) is 0 Å². The smallest absolute Gasteiger partial charge is 0.292 e. The van der Waals surface area contributed by atoms with Gasteiger partial charge in [0.05, 0.1) is 11.1 Å². The third-order valence-electron chi connectivity index (χ3n) is 5.03. The van der Waals surface area contributed by atoms with Gasteiger partial charge in [0.15, 0.2) is 0 Å². The van der Waals surface area contributed by atoms with Crippen LogP contribution >= 0.6 is 12.4 Å². The van der Waals surface area contributed by atoms with Crippen molar-refractivity contribution >= 4 is 40.7 Å². The minimum absolute atomic E-state index is 0. The summed E-state index contributed by atoms with van der Waals surface area (Å²) in [5.41, 5.74) is 7.85. The number of rotatable bonds is 6. The second-order valence-corrected chi connectivity index (χ2v) is 7.31. The number of fused-ring (bicyclic) bond motifs is 1. The van der Waals surface area contributed by atoms with Gasteiger partial charge in [-0.05, 0) is 51.9 Å². The van der Waals surface area contributed by atoms with Crippen molar-refractivity contribution < 1.29 is 9.59 Å². The predicted molar refractivity (Wildman–Crippen MR) is 112 cm³/mol. The lowest BCUT2D eigenvalue weighted by Crippen LogP contribution is -2.39. The maximum absolute atomic E-state index is 12.7. The number of benzene rings is 1. The molecule has 1 fully saturated rings. The van der Waals surface area contributed by atoms with Crippen molar-refractivity contribution in [1.82, 2.24) is 14.8 Å². The minimum Gasteiger partial charge on any atom is -0.399 e. The zero-order valence-corrected chi connectivity index (χ0v) is 16.8. The number of likely N-dealkylation sites (tertiary alicyclic amines) is 1. The first-order valence-corrected chi connectivity index (χ1v) is 9.42. The average molecular weight is 393 g/mol. The zero-order chi connectivity index (χ0) is 18.7. The van der Waals surface area contributed by atoms with E-state index in [0.717, 1.165) is 30.5 Å². The Balaban J connectivity index is 0.00000261. The topological polar surface area (TPSA) is 80.4 Å². The number of halogens is 1. The number of hydrogen-bond donors (Lipinski definition) is 2. The van der Waals surface area contributed by atoms with Crippen LogP contribution in [0.1, 0.15) is 49.5 Å². The number of amides is 1. The van der Waals surface area contributed by atoms with Crippen LogP contribution in [0.3, 0.4) is 0 Å². The summed E-state index contributed by atoms with van der Waals surface area (Å²) in [5, 5.41) is 3.55. The van der Waals surface area contributed by atoms with Crippen molar-refractivity contribution in [1.29, 1.82) is 0 Å². The molecule has 0 atom stereocenters. The highest BCUT2D eigenvalue weighted by molar-refractivity contribution is 6.45. The Labute approximate surface area is 166 Å². The number of carbonyl (C=O) groups excluding carboxylic acids is 2. The number of piperidine rings is 1. The van der Waals surface area contributed by atoms with E-state index in [1.165, 1.54) is 19.3 Å². The monoisotopic (exact) mass is 392 g/mol. The van der Waals surface area contributed by atoms with Crippen molar-refractivity contribution in [3.05, 3.63) is 30.0 Å². The van der Waals surface area contributed by atoms with Crippen molar-refractivity contribution in [3.63, 3.8) is 0 Å². The fourth-order valence-electron chi connectivity index (χ4n) is 3.59. The molecule has 0 radical (unpaired) electrons. The van der Waals surface area contributed by atoms with E-state index in [2.05, 4.69) is 10.2 Å². The summed E-state index contributed by atoms with van der Waals surface area (Å²) in [6.45, 7) is 7.52. The molecule has 0 bridgehead atoms. The van der Waals surface area contributed by atoms with Crippen molar-refractivity contribution in [2.75, 3.05) is 31.9 Å². The molecule has 148 valence electrons. The molecule has 27 heavy (non-hydrogen) atoms. The van der Waals surface area contributed by atoms with Crippen LogP contribution in [-0.4, -0.2) is 47.3 Å². The molecule has 3 rings (SSSR count). The number of aromatic nitrogens is 1. The Morgan fingerprint density at radius 1 is 1.19 bits per heavy atom. The van der Waals surface area contributed by atoms with Gasteiger partial charge in [-0.25, -0.2) is 0 Å². The fourth-order valence-corrected chi connectivity index (χ4v) is 3.59. The molecule has 7 heteroatoms. The Bertz CT molecular complexity index is 810. The summed E-state index contributed by atoms with van der Waals surface area (Å²) in [6, 6.07) is 5.60. The molecule has 0 aliphatic carbocycles. The van der Waals surface area contributed by atoms with Crippen LogP contribution in [0.25, 0.3) is 10.9 Å². The maximum atomic E-state index is 12.7. The molecule has 2 aromatic rings. The highest BCUT2D eigenvalue weighted by Crippen LogP contribution is 2.27. The molecule has 1 aliphatic heterocycles. The van der Waals surface area contributed by atoms with Crippen LogP contribution in [-0.2, 0) is 4.79 Å². The lowest BCUT2D eigenvalue weighted by atomic mass is 10.1. The lowest BCUT2D eigenvalue weighted by molar-refractivity contribution is -0.117. The minimum atomic E-state index is -0.540. The van der Waals surface area contributed by atoms with E-state index in [1.54, 1.807) is 12.3 Å². The van der Waals surface area contributed by atoms with Crippen LogP contribution in [0.5, 0.6) is 0 Å². The highest BCUT2D eigenvalue weighted by atomic mass is 35.5. The van der Waals surface area contributed by atoms with Crippen molar-refractivity contribution in [2.45, 2.75) is 39.2 Å². The fraction of sp³-hybridized carbons (Fsp3) is 0.500. The molecule has 0 unspecified atom stereocenters. The zero-order valence-electron chi connectivity index (χ0n) is 16.0. The summed E-state index contributed by atoms with van der Waals surface area (Å²) in [4.78, 5) is 27.4. The van der Waals surface area contributed by atoms with Crippen LogP contribution in [0, 0.1) is 0 Å². The molecule has 1 aromatic heterocycles. The summed E-state index contributed by atoms with van der Waals surface area (Å²) in [6.07, 6.45) is 5.47. The summed E-state index contributed by atoms with van der Waals surface area (Å²) in [5.74, 6) is -1.03. The van der Waals surface area contributed by atoms with E-state index in [4.69, 9.17) is 5.73 Å². The number of carbonyl (C=O) groups is 2. The quantitative estimate of drug-likeness (QED) is 0.450. The molecule has 2 heterocycles. The van der Waals surface area contributed by atoms with Gasteiger partial charge in [0.1, 0.15) is 0 Å². The summed E-state index contributed by atoms with van der Waals surface area (Å²) in [7, 11) is 0. The SMILES string of the molecule is CC(C)n1cc(C(=O)C(=O)NCCN2CCCCC2)c2ccc(N)cc21.Cl. The molecular weight excluding hydrogens is 364 g/mol. The molecule has 0 spiro atoms. The molecule has 6 nitrogen and oxygen atoms in total. The normalized spacial score (nSPS) is 14.9. The van der Waals surface area contributed by atoms with Gasteiger partial charge in [-0.15, -0.1) is 12.4 Å². The van der Waals surface area contributed by atoms with E-state index >= 15 is 0 Å². The van der Waals surface area contributed by atoms with E-state index in [0.29, 0.717) is 17.8 Å². The average Bonchev–Trinajstić information content (AvgIpc) is 3.00. The second kappa shape index (κ2) is 9.24. The number of anilines is 1. The third-order valence-corrected chi connectivity index (χ3v) is 5.03. The van der Waals surface area contributed by atoms with Gasteiger partial charge in [-0.2, -0.15) is 0 Å². The van der Waals surface area contributed by atoms with Crippen LogP contribution < -0.4 is 11.1 Å². The number of hydrogen-bond acceptors (Lipinski definition) is 4. The van der Waals surface area contributed by atoms with E-state index in [9.17, 15) is 9.59 Å². The molecule has 3 N–H and O–H groups in total. The Hall–Kier alpha value is -2.05. The van der Waals surface area contributed by atoms with Gasteiger partial charge in [0.25, 0.3) is 11.7 Å². The van der Waals surface area contributed by atoms with Gasteiger partial charge < -0.3 is 20.5 Å². The van der Waals surface area contributed by atoms with Crippen LogP contribution in [0.4, 0.5) is 5.69 Å². The Morgan fingerprint density at radius 3 is 2.56 bits per heavy atom. The summed E-state index contributed by atoms with van der Waals surface area (Å²) < 4.78 is 1.99. The van der Waals surface area contributed by atoms with Gasteiger partial charge in [0.2, 0.25) is 0 Å². The maximum Gasteiger partial charge on any atom is 0.292 e. The third kappa shape index (κ3) is 4.82. The molecule has 1 aliphatic rings.